The number of carbonyl (C=O) groups excluding carboxylic acids is 3. The second-order valence-electron chi connectivity index (χ2n) is 17.0. The summed E-state index contributed by atoms with van der Waals surface area (Å²) in [6, 6.07) is 17.0. The first kappa shape index (κ1) is 39.3. The van der Waals surface area contributed by atoms with Gasteiger partial charge in [0.2, 0.25) is 11.8 Å². The van der Waals surface area contributed by atoms with Crippen LogP contribution >= 0.6 is 22.6 Å². The Morgan fingerprint density at radius 1 is 0.864 bits per heavy atom. The Kier molecular flexibility index (Phi) is 11.0. The molecule has 1 atom stereocenters. The number of aromatic nitrogens is 4. The number of benzene rings is 2. The average molecular weight is 910 g/mol. The van der Waals surface area contributed by atoms with Crippen molar-refractivity contribution in [3.8, 4) is 6.07 Å². The van der Waals surface area contributed by atoms with E-state index in [1.54, 1.807) is 6.07 Å². The lowest BCUT2D eigenvalue weighted by atomic mass is 9.71. The molecule has 2 N–H and O–H groups in total. The van der Waals surface area contributed by atoms with Crippen molar-refractivity contribution in [1.82, 2.24) is 30.2 Å². The molecule has 5 fully saturated rings. The Morgan fingerprint density at radius 2 is 1.54 bits per heavy atom. The number of hydrogen-bond acceptors (Lipinski definition) is 12. The van der Waals surface area contributed by atoms with Crippen molar-refractivity contribution in [3.63, 3.8) is 0 Å². The zero-order chi connectivity index (χ0) is 40.7. The van der Waals surface area contributed by atoms with E-state index in [-0.39, 0.29) is 36.1 Å². The number of pyridine rings is 1. The van der Waals surface area contributed by atoms with Gasteiger partial charge >= 0.3 is 0 Å². The molecule has 306 valence electrons. The molecule has 3 amide bonds. The minimum absolute atomic E-state index is 0.0301. The fourth-order valence-corrected chi connectivity index (χ4v) is 10.4. The molecule has 5 aliphatic heterocycles. The number of imide groups is 1. The number of nitrogens with zero attached hydrogens (tertiary/aromatic N) is 9. The highest BCUT2D eigenvalue weighted by atomic mass is 127. The predicted octanol–water partition coefficient (Wildman–Crippen LogP) is 4.31. The van der Waals surface area contributed by atoms with Gasteiger partial charge in [0.15, 0.2) is 0 Å². The van der Waals surface area contributed by atoms with E-state index < -0.39 is 11.9 Å². The molecule has 2 aromatic carbocycles. The van der Waals surface area contributed by atoms with Crippen LogP contribution in [-0.4, -0.2) is 102 Å². The second kappa shape index (κ2) is 16.5. The van der Waals surface area contributed by atoms with Gasteiger partial charge in [0.25, 0.3) is 11.5 Å². The fraction of sp³-hybridized carbons (Fsp3) is 0.488. The molecular weight excluding hydrogens is 861 g/mol. The molecule has 7 heterocycles. The first-order valence-corrected chi connectivity index (χ1v) is 21.9. The maximum Gasteiger partial charge on any atom is 0.278 e. The van der Waals surface area contributed by atoms with Crippen LogP contribution in [0, 0.1) is 32.2 Å². The van der Waals surface area contributed by atoms with E-state index in [0.717, 1.165) is 123 Å². The van der Waals surface area contributed by atoms with Crippen LogP contribution < -0.4 is 30.9 Å². The summed E-state index contributed by atoms with van der Waals surface area (Å²) in [7, 11) is 0. The lowest BCUT2D eigenvalue weighted by Gasteiger charge is -2.55. The summed E-state index contributed by atoms with van der Waals surface area (Å²) in [6.07, 6.45) is 8.41. The zero-order valence-corrected chi connectivity index (χ0v) is 35.1. The normalized spacial score (nSPS) is 21.6. The van der Waals surface area contributed by atoms with Crippen LogP contribution in [0.4, 0.5) is 22.9 Å². The molecule has 15 nitrogen and oxygen atoms in total. The molecule has 1 unspecified atom stereocenters. The first-order valence-electron chi connectivity index (χ1n) is 20.8. The SMILES string of the molecule is N#Cc1ccc(N2CCC(C(=O)Nc3ccc(N4CCC(CN5CC6(CCN(c7ccc8c(=O)n(C9CCC(=O)NC9=O)nnc8c7)CC6)C5)CC4)cn3)CC2)cc1I. The van der Waals surface area contributed by atoms with Crippen molar-refractivity contribution in [2.24, 2.45) is 17.3 Å². The smallest absolute Gasteiger partial charge is 0.278 e. The van der Waals surface area contributed by atoms with Crippen molar-refractivity contribution in [2.75, 3.05) is 78.9 Å². The predicted molar refractivity (Wildman–Crippen MR) is 232 cm³/mol. The van der Waals surface area contributed by atoms with E-state index in [9.17, 15) is 24.4 Å². The number of piperidine rings is 4. The lowest BCUT2D eigenvalue weighted by molar-refractivity contribution is -0.136. The maximum absolute atomic E-state index is 13.2. The molecule has 5 aliphatic rings. The molecular formula is C43H48IN11O4. The van der Waals surface area contributed by atoms with Crippen LogP contribution in [0.25, 0.3) is 10.9 Å². The number of nitriles is 1. The fourth-order valence-electron chi connectivity index (χ4n) is 9.75. The van der Waals surface area contributed by atoms with Gasteiger partial charge in [-0.15, -0.1) is 5.10 Å². The summed E-state index contributed by atoms with van der Waals surface area (Å²) in [6.45, 7) is 8.96. The molecule has 2 aromatic heterocycles. The molecule has 0 saturated carbocycles. The molecule has 0 bridgehead atoms. The second-order valence-corrected chi connectivity index (χ2v) is 18.2. The summed E-state index contributed by atoms with van der Waals surface area (Å²) in [5, 5.41) is 23.4. The molecule has 4 aromatic rings. The third-order valence-electron chi connectivity index (χ3n) is 13.3. The summed E-state index contributed by atoms with van der Waals surface area (Å²) in [5.74, 6) is 0.405. The van der Waals surface area contributed by atoms with Gasteiger partial charge in [0.1, 0.15) is 23.4 Å². The Morgan fingerprint density at radius 3 is 2.24 bits per heavy atom. The summed E-state index contributed by atoms with van der Waals surface area (Å²) < 4.78 is 2.05. The van der Waals surface area contributed by atoms with Crippen LogP contribution in [0.3, 0.4) is 0 Å². The van der Waals surface area contributed by atoms with E-state index in [1.807, 2.05) is 42.6 Å². The van der Waals surface area contributed by atoms with Crippen molar-refractivity contribution in [3.05, 3.63) is 74.2 Å². The van der Waals surface area contributed by atoms with Crippen molar-refractivity contribution >= 4 is 74.1 Å². The summed E-state index contributed by atoms with van der Waals surface area (Å²) >= 11 is 2.20. The number of nitrogens with one attached hydrogen (secondary N) is 2. The monoisotopic (exact) mass is 909 g/mol. The minimum Gasteiger partial charge on any atom is -0.371 e. The van der Waals surface area contributed by atoms with Gasteiger partial charge in [-0.25, -0.2) is 4.98 Å². The summed E-state index contributed by atoms with van der Waals surface area (Å²) in [4.78, 5) is 64.6. The highest BCUT2D eigenvalue weighted by Crippen LogP contribution is 2.42. The minimum atomic E-state index is -0.831. The molecule has 5 saturated heterocycles. The number of anilines is 4. The third-order valence-corrected chi connectivity index (χ3v) is 14.2. The number of likely N-dealkylation sites (tertiary alicyclic amines) is 1. The Hall–Kier alpha value is -5.15. The zero-order valence-electron chi connectivity index (χ0n) is 33.0. The number of rotatable bonds is 8. The van der Waals surface area contributed by atoms with Gasteiger partial charge in [-0.2, -0.15) is 9.94 Å². The molecule has 16 heteroatoms. The van der Waals surface area contributed by atoms with E-state index in [2.05, 4.69) is 80.3 Å². The van der Waals surface area contributed by atoms with Gasteiger partial charge in [0.05, 0.1) is 22.8 Å². The average Bonchev–Trinajstić information content (AvgIpc) is 3.24. The van der Waals surface area contributed by atoms with Crippen LogP contribution in [0.1, 0.15) is 63.0 Å². The molecule has 0 radical (unpaired) electrons. The lowest BCUT2D eigenvalue weighted by Crippen LogP contribution is -2.61. The number of carbonyl (C=O) groups is 3. The van der Waals surface area contributed by atoms with Crippen LogP contribution in [0.15, 0.2) is 59.5 Å². The van der Waals surface area contributed by atoms with Gasteiger partial charge in [0, 0.05) is 86.2 Å². The third kappa shape index (κ3) is 8.23. The molecule has 1 spiro atoms. The van der Waals surface area contributed by atoms with Crippen molar-refractivity contribution in [1.29, 1.82) is 5.26 Å². The summed E-state index contributed by atoms with van der Waals surface area (Å²) in [5.41, 5.74) is 4.42. The van der Waals surface area contributed by atoms with Gasteiger partial charge < -0.3 is 24.9 Å². The van der Waals surface area contributed by atoms with E-state index >= 15 is 0 Å². The van der Waals surface area contributed by atoms with Gasteiger partial charge in [-0.1, -0.05) is 5.21 Å². The standard InChI is InChI=1S/C43H48IN11O4/c44-35-21-31(2-1-30(35)23-45)52-17-11-29(12-18-52)40(57)47-38-7-4-33(24-46-38)53-15-9-28(10-16-53)25-51-26-43(27-51)13-19-54(20-14-43)32-3-5-34-36(22-32)49-50-55(42(34)59)37-6-8-39(56)48-41(37)58/h1-5,7,21-22,24,28-29,37H,6,8-20,25-27H2,(H,46,47,57)(H,48,56,58). The van der Waals surface area contributed by atoms with Gasteiger partial charge in [-0.05, 0) is 127 Å². The van der Waals surface area contributed by atoms with Crippen LogP contribution in [-0.2, 0) is 14.4 Å². The van der Waals surface area contributed by atoms with E-state index in [4.69, 9.17) is 0 Å². The van der Waals surface area contributed by atoms with Crippen LogP contribution in [0.2, 0.25) is 0 Å². The number of fused-ring (bicyclic) bond motifs is 1. The Bertz CT molecular complexity index is 2350. The highest BCUT2D eigenvalue weighted by molar-refractivity contribution is 14.1. The van der Waals surface area contributed by atoms with Crippen molar-refractivity contribution < 1.29 is 14.4 Å². The maximum atomic E-state index is 13.2. The number of hydrogen-bond donors (Lipinski definition) is 2. The largest absolute Gasteiger partial charge is 0.371 e. The number of halogens is 1. The molecule has 59 heavy (non-hydrogen) atoms. The first-order chi connectivity index (χ1) is 28.6. The highest BCUT2D eigenvalue weighted by Gasteiger charge is 2.45. The van der Waals surface area contributed by atoms with Crippen LogP contribution in [0.5, 0.6) is 0 Å². The topological polar surface area (TPSA) is 173 Å². The Labute approximate surface area is 356 Å². The van der Waals surface area contributed by atoms with E-state index in [1.165, 1.54) is 0 Å². The quantitative estimate of drug-likeness (QED) is 0.190. The van der Waals surface area contributed by atoms with Gasteiger partial charge in [-0.3, -0.25) is 24.5 Å². The number of amides is 3. The Balaban J connectivity index is 0.693. The molecule has 0 aliphatic carbocycles. The van der Waals surface area contributed by atoms with Crippen molar-refractivity contribution in [2.45, 2.75) is 57.4 Å². The van der Waals surface area contributed by atoms with E-state index in [0.29, 0.717) is 33.6 Å². The molecule has 9 rings (SSSR count).